The third-order valence-electron chi connectivity index (χ3n) is 7.02. The third kappa shape index (κ3) is 4.78. The van der Waals surface area contributed by atoms with Crippen molar-refractivity contribution in [1.82, 2.24) is 15.3 Å². The summed E-state index contributed by atoms with van der Waals surface area (Å²) in [6.07, 6.45) is 8.41. The van der Waals surface area contributed by atoms with Gasteiger partial charge in [-0.05, 0) is 56.0 Å². The molecule has 2 atom stereocenters. The molecular weight excluding hydrogens is 414 g/mol. The third-order valence-corrected chi connectivity index (χ3v) is 7.02. The number of nitrogens with two attached hydrogens (primary N) is 1. The average molecular weight is 446 g/mol. The Hall–Kier alpha value is -3.19. The molecule has 5 N–H and O–H groups in total. The maximum atomic E-state index is 12.7. The quantitative estimate of drug-likeness (QED) is 0.467. The van der Waals surface area contributed by atoms with Crippen LogP contribution >= 0.6 is 0 Å². The van der Waals surface area contributed by atoms with Gasteiger partial charge in [0.25, 0.3) is 5.91 Å². The number of nitrogens with one attached hydrogen (secondary N) is 3. The number of imidazole rings is 1. The van der Waals surface area contributed by atoms with Gasteiger partial charge in [-0.25, -0.2) is 4.98 Å². The maximum absolute atomic E-state index is 12.7. The molecule has 33 heavy (non-hydrogen) atoms. The topological polar surface area (TPSA) is 113 Å². The number of carbonyl (C=O) groups is 2. The number of carbonyl (C=O) groups excluding carboxylic acids is 2. The fourth-order valence-corrected chi connectivity index (χ4v) is 5.06. The number of hydrogen-bond donors (Lipinski definition) is 4. The molecule has 1 heterocycles. The second kappa shape index (κ2) is 9.35. The van der Waals surface area contributed by atoms with Crippen LogP contribution in [0.15, 0.2) is 42.5 Å². The van der Waals surface area contributed by atoms with Crippen LogP contribution < -0.4 is 16.4 Å². The molecule has 2 unspecified atom stereocenters. The van der Waals surface area contributed by atoms with Crippen LogP contribution in [-0.2, 0) is 4.79 Å². The first-order chi connectivity index (χ1) is 16.1. The van der Waals surface area contributed by atoms with E-state index in [9.17, 15) is 9.59 Å². The zero-order valence-electron chi connectivity index (χ0n) is 18.8. The number of fused-ring (bicyclic) bond motifs is 1. The summed E-state index contributed by atoms with van der Waals surface area (Å²) < 4.78 is 0. The van der Waals surface area contributed by atoms with E-state index in [2.05, 4.69) is 20.6 Å². The van der Waals surface area contributed by atoms with Gasteiger partial charge in [0.05, 0.1) is 17.0 Å². The fourth-order valence-electron chi connectivity index (χ4n) is 5.06. The molecule has 7 heteroatoms. The predicted molar refractivity (Wildman–Crippen MR) is 130 cm³/mol. The lowest BCUT2D eigenvalue weighted by atomic mass is 9.84. The van der Waals surface area contributed by atoms with Gasteiger partial charge in [0, 0.05) is 28.9 Å². The zero-order valence-corrected chi connectivity index (χ0v) is 18.8. The minimum atomic E-state index is -0.129. The van der Waals surface area contributed by atoms with Gasteiger partial charge >= 0.3 is 0 Å². The van der Waals surface area contributed by atoms with Crippen molar-refractivity contribution in [2.24, 2.45) is 11.7 Å². The molecule has 2 aliphatic rings. The van der Waals surface area contributed by atoms with E-state index in [4.69, 9.17) is 5.73 Å². The molecule has 0 bridgehead atoms. The lowest BCUT2D eigenvalue weighted by Gasteiger charge is -2.27. The minimum absolute atomic E-state index is 0.00671. The van der Waals surface area contributed by atoms with Crippen molar-refractivity contribution < 1.29 is 9.59 Å². The monoisotopic (exact) mass is 445 g/mol. The Kier molecular flexibility index (Phi) is 6.13. The lowest BCUT2D eigenvalue weighted by Crippen LogP contribution is -2.40. The highest BCUT2D eigenvalue weighted by Crippen LogP contribution is 2.27. The van der Waals surface area contributed by atoms with Crippen LogP contribution in [0.5, 0.6) is 0 Å². The highest BCUT2D eigenvalue weighted by Gasteiger charge is 2.28. The van der Waals surface area contributed by atoms with E-state index in [1.807, 2.05) is 42.5 Å². The number of nitrogens with zero attached hydrogens (tertiary/aromatic N) is 1. The summed E-state index contributed by atoms with van der Waals surface area (Å²) in [6.45, 7) is 0. The Labute approximate surface area is 193 Å². The van der Waals surface area contributed by atoms with E-state index in [0.717, 1.165) is 66.6 Å². The summed E-state index contributed by atoms with van der Waals surface area (Å²) in [6, 6.07) is 13.4. The maximum Gasteiger partial charge on any atom is 0.251 e. The molecule has 5 rings (SSSR count). The molecule has 2 amide bonds. The number of amides is 2. The predicted octanol–water partition coefficient (Wildman–Crippen LogP) is 4.36. The first kappa shape index (κ1) is 21.6. The molecule has 2 saturated carbocycles. The number of H-pyrrole nitrogens is 1. The van der Waals surface area contributed by atoms with Crippen molar-refractivity contribution in [3.63, 3.8) is 0 Å². The first-order valence-electron chi connectivity index (χ1n) is 12.0. The van der Waals surface area contributed by atoms with Crippen LogP contribution in [0.1, 0.15) is 61.7 Å². The largest absolute Gasteiger partial charge is 0.349 e. The van der Waals surface area contributed by atoms with Crippen LogP contribution in [-0.4, -0.2) is 33.9 Å². The molecule has 2 aliphatic carbocycles. The van der Waals surface area contributed by atoms with Crippen molar-refractivity contribution >= 4 is 28.5 Å². The van der Waals surface area contributed by atoms with Crippen LogP contribution in [0.2, 0.25) is 0 Å². The van der Waals surface area contributed by atoms with Crippen LogP contribution in [0, 0.1) is 5.92 Å². The Bertz CT molecular complexity index is 1150. The summed E-state index contributed by atoms with van der Waals surface area (Å²) >= 11 is 0. The Morgan fingerprint density at radius 2 is 1.67 bits per heavy atom. The van der Waals surface area contributed by atoms with Gasteiger partial charge in [-0.15, -0.1) is 0 Å². The first-order valence-corrected chi connectivity index (χ1v) is 12.0. The van der Waals surface area contributed by atoms with Crippen molar-refractivity contribution in [2.75, 3.05) is 5.32 Å². The highest BCUT2D eigenvalue weighted by molar-refractivity contribution is 5.96. The SMILES string of the molecule is NC1CCCCC1C(=O)Nc1ccc2nc(-c3ccc(C(=O)NC4CCCC4)cc3)[nH]c2c1. The van der Waals surface area contributed by atoms with E-state index in [1.54, 1.807) is 0 Å². The van der Waals surface area contributed by atoms with Gasteiger partial charge in [-0.2, -0.15) is 0 Å². The van der Waals surface area contributed by atoms with Gasteiger partial charge in [0.1, 0.15) is 5.82 Å². The number of aromatic amines is 1. The number of hydrogen-bond acceptors (Lipinski definition) is 4. The van der Waals surface area contributed by atoms with E-state index < -0.39 is 0 Å². The molecule has 0 spiro atoms. The summed E-state index contributed by atoms with van der Waals surface area (Å²) in [5.74, 6) is 0.575. The van der Waals surface area contributed by atoms with Crippen molar-refractivity contribution in [3.8, 4) is 11.4 Å². The summed E-state index contributed by atoms with van der Waals surface area (Å²) in [5.41, 5.74) is 10.1. The van der Waals surface area contributed by atoms with Crippen molar-refractivity contribution in [3.05, 3.63) is 48.0 Å². The smallest absolute Gasteiger partial charge is 0.251 e. The average Bonchev–Trinajstić information content (AvgIpc) is 3.49. The molecule has 2 aromatic carbocycles. The molecule has 0 saturated heterocycles. The van der Waals surface area contributed by atoms with E-state index in [-0.39, 0.29) is 23.8 Å². The lowest BCUT2D eigenvalue weighted by molar-refractivity contribution is -0.121. The molecule has 0 aliphatic heterocycles. The van der Waals surface area contributed by atoms with Gasteiger partial charge in [-0.1, -0.05) is 37.8 Å². The second-order valence-electron chi connectivity index (χ2n) is 9.39. The summed E-state index contributed by atoms with van der Waals surface area (Å²) in [4.78, 5) is 33.2. The molecule has 2 fully saturated rings. The molecular formula is C26H31N5O2. The van der Waals surface area contributed by atoms with E-state index >= 15 is 0 Å². The van der Waals surface area contributed by atoms with Crippen LogP contribution in [0.4, 0.5) is 5.69 Å². The van der Waals surface area contributed by atoms with E-state index in [1.165, 1.54) is 12.8 Å². The number of rotatable bonds is 5. The number of benzene rings is 2. The molecule has 0 radical (unpaired) electrons. The minimum Gasteiger partial charge on any atom is -0.349 e. The normalized spacial score (nSPS) is 21.2. The fraction of sp³-hybridized carbons (Fsp3) is 0.423. The van der Waals surface area contributed by atoms with Crippen molar-refractivity contribution in [1.29, 1.82) is 0 Å². The molecule has 172 valence electrons. The van der Waals surface area contributed by atoms with Gasteiger partial charge in [-0.3, -0.25) is 9.59 Å². The van der Waals surface area contributed by atoms with Crippen LogP contribution in [0.25, 0.3) is 22.4 Å². The number of anilines is 1. The molecule has 3 aromatic rings. The highest BCUT2D eigenvalue weighted by atomic mass is 16.2. The Morgan fingerprint density at radius 3 is 2.42 bits per heavy atom. The Morgan fingerprint density at radius 1 is 0.939 bits per heavy atom. The van der Waals surface area contributed by atoms with Crippen molar-refractivity contribution in [2.45, 2.75) is 63.5 Å². The zero-order chi connectivity index (χ0) is 22.8. The van der Waals surface area contributed by atoms with Crippen LogP contribution in [0.3, 0.4) is 0 Å². The second-order valence-corrected chi connectivity index (χ2v) is 9.39. The molecule has 1 aromatic heterocycles. The van der Waals surface area contributed by atoms with E-state index in [0.29, 0.717) is 11.6 Å². The standard InChI is InChI=1S/C26H31N5O2/c27-21-8-4-3-7-20(21)26(33)29-19-13-14-22-23(15-19)31-24(30-22)16-9-11-17(12-10-16)25(32)28-18-5-1-2-6-18/h9-15,18,20-21H,1-8,27H2,(H,28,32)(H,29,33)(H,30,31). The Balaban J connectivity index is 1.28. The van der Waals surface area contributed by atoms with Gasteiger partial charge in [0.15, 0.2) is 0 Å². The van der Waals surface area contributed by atoms with Gasteiger partial charge in [0.2, 0.25) is 5.91 Å². The summed E-state index contributed by atoms with van der Waals surface area (Å²) in [7, 11) is 0. The molecule has 7 nitrogen and oxygen atoms in total. The number of aromatic nitrogens is 2. The van der Waals surface area contributed by atoms with Gasteiger partial charge < -0.3 is 21.4 Å². The summed E-state index contributed by atoms with van der Waals surface area (Å²) in [5, 5.41) is 6.14.